The molecule has 0 radical (unpaired) electrons. The summed E-state index contributed by atoms with van der Waals surface area (Å²) in [5.74, 6) is 1.42. The van der Waals surface area contributed by atoms with Gasteiger partial charge >= 0.3 is 5.97 Å². The van der Waals surface area contributed by atoms with Crippen molar-refractivity contribution in [1.29, 1.82) is 0 Å². The Balaban J connectivity index is 1.75. The first kappa shape index (κ1) is 23.4. The number of allylic oxidation sites excluding steroid dienone is 2. The first-order valence-electron chi connectivity index (χ1n) is 11.3. The zero-order chi connectivity index (χ0) is 20.6. The Morgan fingerprint density at radius 2 is 1.96 bits per heavy atom. The second-order valence-electron chi connectivity index (χ2n) is 9.45. The minimum Gasteiger partial charge on any atom is -0.469 e. The molecule has 162 valence electrons. The highest BCUT2D eigenvalue weighted by molar-refractivity contribution is 5.69. The zero-order valence-electron chi connectivity index (χ0n) is 18.5. The number of rotatable bonds is 12. The number of aliphatic hydroxyl groups excluding tert-OH is 1. The standard InChI is InChI=1S/C24H42O4/c1-18-17-21(25)20(11-7-5-6-8-14-23(26)28-4)19(18)12-9-13-22(27-3)24(2)15-10-16-24/h5,7,18-22,25H,6,8-17H2,1-4H3/b7-5-/t18-,19+,20-,21?,22?/m1/s1. The summed E-state index contributed by atoms with van der Waals surface area (Å²) in [5, 5.41) is 10.5. The number of carbonyl (C=O) groups excluding carboxylic acids is 1. The van der Waals surface area contributed by atoms with Gasteiger partial charge in [-0.3, -0.25) is 4.79 Å². The lowest BCUT2D eigenvalue weighted by atomic mass is 9.65. The third-order valence-electron chi connectivity index (χ3n) is 7.50. The topological polar surface area (TPSA) is 55.8 Å². The minimum atomic E-state index is -0.179. The summed E-state index contributed by atoms with van der Waals surface area (Å²) in [6.45, 7) is 4.68. The predicted molar refractivity (Wildman–Crippen MR) is 113 cm³/mol. The number of methoxy groups -OCH3 is 2. The van der Waals surface area contributed by atoms with E-state index in [2.05, 4.69) is 30.7 Å². The van der Waals surface area contributed by atoms with E-state index in [1.165, 1.54) is 39.2 Å². The number of aliphatic hydroxyl groups is 1. The van der Waals surface area contributed by atoms with Crippen molar-refractivity contribution >= 4 is 5.97 Å². The molecule has 0 aromatic rings. The summed E-state index contributed by atoms with van der Waals surface area (Å²) in [6.07, 6.45) is 16.1. The molecule has 2 fully saturated rings. The molecule has 5 atom stereocenters. The summed E-state index contributed by atoms with van der Waals surface area (Å²) in [4.78, 5) is 11.1. The Labute approximate surface area is 172 Å². The number of hydrogen-bond donors (Lipinski definition) is 1. The molecule has 2 rings (SSSR count). The third kappa shape index (κ3) is 6.32. The monoisotopic (exact) mass is 394 g/mol. The van der Waals surface area contributed by atoms with Crippen molar-refractivity contribution in [2.24, 2.45) is 23.2 Å². The summed E-state index contributed by atoms with van der Waals surface area (Å²) in [5.41, 5.74) is 0.391. The van der Waals surface area contributed by atoms with E-state index in [-0.39, 0.29) is 12.1 Å². The molecule has 0 aromatic carbocycles. The van der Waals surface area contributed by atoms with E-state index >= 15 is 0 Å². The van der Waals surface area contributed by atoms with Crippen molar-refractivity contribution in [3.8, 4) is 0 Å². The highest BCUT2D eigenvalue weighted by atomic mass is 16.5. The van der Waals surface area contributed by atoms with Gasteiger partial charge in [-0.05, 0) is 74.5 Å². The molecule has 28 heavy (non-hydrogen) atoms. The zero-order valence-corrected chi connectivity index (χ0v) is 18.5. The average molecular weight is 395 g/mol. The van der Waals surface area contributed by atoms with Crippen LogP contribution in [-0.2, 0) is 14.3 Å². The normalized spacial score (nSPS) is 30.3. The maximum absolute atomic E-state index is 11.1. The molecule has 0 amide bonds. The smallest absolute Gasteiger partial charge is 0.305 e. The Bertz CT molecular complexity index is 497. The van der Waals surface area contributed by atoms with Gasteiger partial charge in [-0.1, -0.05) is 38.8 Å². The maximum atomic E-state index is 11.1. The molecule has 2 aliphatic rings. The van der Waals surface area contributed by atoms with E-state index in [9.17, 15) is 9.90 Å². The van der Waals surface area contributed by atoms with E-state index in [1.807, 2.05) is 7.11 Å². The molecule has 0 aromatic heterocycles. The maximum Gasteiger partial charge on any atom is 0.305 e. The number of unbranched alkanes of at least 4 members (excludes halogenated alkanes) is 1. The molecular weight excluding hydrogens is 352 g/mol. The van der Waals surface area contributed by atoms with E-state index in [4.69, 9.17) is 4.74 Å². The minimum absolute atomic E-state index is 0.140. The van der Waals surface area contributed by atoms with Gasteiger partial charge < -0.3 is 14.6 Å². The van der Waals surface area contributed by atoms with E-state index in [0.717, 1.165) is 32.1 Å². The van der Waals surface area contributed by atoms with Crippen LogP contribution < -0.4 is 0 Å². The quantitative estimate of drug-likeness (QED) is 0.278. The molecular formula is C24H42O4. The number of esters is 1. The molecule has 0 saturated heterocycles. The van der Waals surface area contributed by atoms with Crippen LogP contribution in [0.2, 0.25) is 0 Å². The highest BCUT2D eigenvalue weighted by Gasteiger charge is 2.41. The number of ether oxygens (including phenoxy) is 2. The van der Waals surface area contributed by atoms with Gasteiger partial charge in [0.2, 0.25) is 0 Å². The van der Waals surface area contributed by atoms with Crippen LogP contribution in [0, 0.1) is 23.2 Å². The Morgan fingerprint density at radius 3 is 2.57 bits per heavy atom. The van der Waals surface area contributed by atoms with Crippen LogP contribution in [0.15, 0.2) is 12.2 Å². The van der Waals surface area contributed by atoms with Crippen molar-refractivity contribution in [2.75, 3.05) is 14.2 Å². The molecule has 2 saturated carbocycles. The van der Waals surface area contributed by atoms with Crippen LogP contribution in [0.1, 0.15) is 84.5 Å². The Morgan fingerprint density at radius 1 is 1.21 bits per heavy atom. The van der Waals surface area contributed by atoms with Crippen molar-refractivity contribution in [1.82, 2.24) is 0 Å². The molecule has 4 heteroatoms. The Hall–Kier alpha value is -0.870. The number of hydrogen-bond acceptors (Lipinski definition) is 4. The first-order valence-corrected chi connectivity index (χ1v) is 11.3. The molecule has 4 nitrogen and oxygen atoms in total. The van der Waals surface area contributed by atoms with Crippen molar-refractivity contribution in [3.63, 3.8) is 0 Å². The summed E-state index contributed by atoms with van der Waals surface area (Å²) in [6, 6.07) is 0. The molecule has 0 heterocycles. The first-order chi connectivity index (χ1) is 13.4. The molecule has 1 N–H and O–H groups in total. The van der Waals surface area contributed by atoms with Crippen LogP contribution in [0.5, 0.6) is 0 Å². The van der Waals surface area contributed by atoms with Gasteiger partial charge in [-0.15, -0.1) is 0 Å². The summed E-state index contributed by atoms with van der Waals surface area (Å²) < 4.78 is 10.5. The lowest BCUT2D eigenvalue weighted by Gasteiger charge is -2.44. The van der Waals surface area contributed by atoms with E-state index in [1.54, 1.807) is 0 Å². The van der Waals surface area contributed by atoms with Gasteiger partial charge in [0.25, 0.3) is 0 Å². The molecule has 0 spiro atoms. The number of carbonyl (C=O) groups is 1. The predicted octanol–water partition coefficient (Wildman–Crippen LogP) is 5.28. The van der Waals surface area contributed by atoms with Crippen LogP contribution in [0.25, 0.3) is 0 Å². The second kappa shape index (κ2) is 11.3. The molecule has 2 unspecified atom stereocenters. The van der Waals surface area contributed by atoms with Crippen molar-refractivity contribution < 1.29 is 19.4 Å². The van der Waals surface area contributed by atoms with Crippen molar-refractivity contribution in [2.45, 2.75) is 96.7 Å². The van der Waals surface area contributed by atoms with Crippen molar-refractivity contribution in [3.05, 3.63) is 12.2 Å². The van der Waals surface area contributed by atoms with E-state index < -0.39 is 0 Å². The van der Waals surface area contributed by atoms with E-state index in [0.29, 0.717) is 35.7 Å². The molecule has 0 bridgehead atoms. The fourth-order valence-electron chi connectivity index (χ4n) is 5.45. The largest absolute Gasteiger partial charge is 0.469 e. The van der Waals surface area contributed by atoms with Gasteiger partial charge in [-0.25, -0.2) is 0 Å². The van der Waals surface area contributed by atoms with Crippen LogP contribution in [0.4, 0.5) is 0 Å². The SMILES string of the molecule is COC(=O)CCC/C=C\C[C@H]1C(O)C[C@@H](C)[C@@H]1CCCC(OC)C1(C)CCC1. The average Bonchev–Trinajstić information content (AvgIpc) is 2.92. The van der Waals surface area contributed by atoms with Crippen LogP contribution >= 0.6 is 0 Å². The molecule has 2 aliphatic carbocycles. The lowest BCUT2D eigenvalue weighted by Crippen LogP contribution is -2.39. The summed E-state index contributed by atoms with van der Waals surface area (Å²) >= 11 is 0. The van der Waals surface area contributed by atoms with Gasteiger partial charge in [-0.2, -0.15) is 0 Å². The third-order valence-corrected chi connectivity index (χ3v) is 7.50. The fraction of sp³-hybridized carbons (Fsp3) is 0.875. The van der Waals surface area contributed by atoms with Gasteiger partial charge in [0.15, 0.2) is 0 Å². The fourth-order valence-corrected chi connectivity index (χ4v) is 5.45. The highest BCUT2D eigenvalue weighted by Crippen LogP contribution is 2.47. The van der Waals surface area contributed by atoms with Crippen LogP contribution in [0.3, 0.4) is 0 Å². The Kier molecular flexibility index (Phi) is 9.49. The van der Waals surface area contributed by atoms with Gasteiger partial charge in [0, 0.05) is 13.5 Å². The lowest BCUT2D eigenvalue weighted by molar-refractivity contribution is -0.140. The summed E-state index contributed by atoms with van der Waals surface area (Å²) in [7, 11) is 3.30. The van der Waals surface area contributed by atoms with Crippen LogP contribution in [-0.4, -0.2) is 37.5 Å². The van der Waals surface area contributed by atoms with Gasteiger partial charge in [0.05, 0.1) is 19.3 Å². The second-order valence-corrected chi connectivity index (χ2v) is 9.45. The molecule has 0 aliphatic heterocycles. The van der Waals surface area contributed by atoms with Gasteiger partial charge in [0.1, 0.15) is 0 Å².